The predicted octanol–water partition coefficient (Wildman–Crippen LogP) is 11.4. The molecule has 6 aromatic carbocycles. The number of aromatic nitrogens is 5. The van der Waals surface area contributed by atoms with Crippen LogP contribution in [0.15, 0.2) is 164 Å². The van der Waals surface area contributed by atoms with E-state index in [2.05, 4.69) is 94.5 Å². The fourth-order valence-electron chi connectivity index (χ4n) is 7.02. The highest BCUT2D eigenvalue weighted by Gasteiger charge is 2.22. The normalized spacial score (nSPS) is 11.6. The maximum atomic E-state index is 5.18. The average Bonchev–Trinajstić information content (AvgIpc) is 3.75. The molecule has 6 heteroatoms. The van der Waals surface area contributed by atoms with Crippen LogP contribution in [0.1, 0.15) is 0 Å². The highest BCUT2D eigenvalue weighted by atomic mass is 32.1. The van der Waals surface area contributed by atoms with E-state index in [1.165, 1.54) is 31.9 Å². The molecule has 10 aromatic rings. The van der Waals surface area contributed by atoms with Crippen molar-refractivity contribution in [2.75, 3.05) is 0 Å². The molecule has 0 aliphatic carbocycles. The van der Waals surface area contributed by atoms with Gasteiger partial charge in [-0.3, -0.25) is 4.98 Å². The lowest BCUT2D eigenvalue weighted by atomic mass is 9.99. The highest BCUT2D eigenvalue weighted by molar-refractivity contribution is 7.27. The number of nitrogens with zero attached hydrogens (tertiary/aromatic N) is 5. The first-order valence-corrected chi connectivity index (χ1v) is 17.4. The molecule has 0 bridgehead atoms. The molecule has 0 fully saturated rings. The van der Waals surface area contributed by atoms with Gasteiger partial charge in [-0.15, -0.1) is 11.3 Å². The van der Waals surface area contributed by atoms with Crippen LogP contribution in [0.2, 0.25) is 0 Å². The molecule has 234 valence electrons. The smallest absolute Gasteiger partial charge is 0.165 e. The Hall–Kier alpha value is -6.50. The molecule has 4 heterocycles. The van der Waals surface area contributed by atoms with Crippen molar-refractivity contribution >= 4 is 53.3 Å². The van der Waals surface area contributed by atoms with Crippen LogP contribution >= 0.6 is 11.3 Å². The first-order chi connectivity index (χ1) is 24.8. The zero-order valence-electron chi connectivity index (χ0n) is 26.7. The van der Waals surface area contributed by atoms with Gasteiger partial charge in [0.1, 0.15) is 0 Å². The molecular formula is C44H27N5S. The summed E-state index contributed by atoms with van der Waals surface area (Å²) in [5.41, 5.74) is 8.48. The number of rotatable bonds is 5. The molecule has 50 heavy (non-hydrogen) atoms. The molecule has 5 nitrogen and oxygen atoms in total. The standard InChI is InChI=1S/C44H27N5S/c1-4-13-28(14-5-1)42-46-43(29-15-6-2-7-16-29)48-44(47-42)37-26-31(30-17-12-24-45-27-30)25-36-35-23-22-34-33-20-10-11-21-38(33)49(32-18-8-3-9-19-32)39(34)41(35)50-40(36)37/h1-27H. The lowest BCUT2D eigenvalue weighted by Crippen LogP contribution is -2.00. The summed E-state index contributed by atoms with van der Waals surface area (Å²) >= 11 is 1.81. The van der Waals surface area contributed by atoms with E-state index in [-0.39, 0.29) is 0 Å². The molecule has 0 radical (unpaired) electrons. The third kappa shape index (κ3) is 4.61. The van der Waals surface area contributed by atoms with Crippen molar-refractivity contribution in [1.29, 1.82) is 0 Å². The quantitative estimate of drug-likeness (QED) is 0.185. The van der Waals surface area contributed by atoms with E-state index in [1.54, 1.807) is 0 Å². The van der Waals surface area contributed by atoms with Crippen LogP contribution in [0, 0.1) is 0 Å². The van der Waals surface area contributed by atoms with E-state index in [1.807, 2.05) is 90.5 Å². The third-order valence-corrected chi connectivity index (χ3v) is 10.6. The van der Waals surface area contributed by atoms with Gasteiger partial charge in [-0.05, 0) is 42.0 Å². The van der Waals surface area contributed by atoms with Gasteiger partial charge in [0.25, 0.3) is 0 Å². The average molecular weight is 658 g/mol. The van der Waals surface area contributed by atoms with Crippen molar-refractivity contribution in [1.82, 2.24) is 24.5 Å². The van der Waals surface area contributed by atoms with Gasteiger partial charge in [0.15, 0.2) is 17.5 Å². The second kappa shape index (κ2) is 11.6. The van der Waals surface area contributed by atoms with Gasteiger partial charge in [-0.1, -0.05) is 115 Å². The predicted molar refractivity (Wildman–Crippen MR) is 207 cm³/mol. The second-order valence-corrected chi connectivity index (χ2v) is 13.3. The molecule has 0 atom stereocenters. The van der Waals surface area contributed by atoms with Gasteiger partial charge in [-0.2, -0.15) is 0 Å². The van der Waals surface area contributed by atoms with E-state index in [0.717, 1.165) is 43.6 Å². The third-order valence-electron chi connectivity index (χ3n) is 9.32. The molecule has 0 amide bonds. The van der Waals surface area contributed by atoms with Crippen molar-refractivity contribution in [3.63, 3.8) is 0 Å². The molecule has 0 spiro atoms. The van der Waals surface area contributed by atoms with E-state index >= 15 is 0 Å². The van der Waals surface area contributed by atoms with Gasteiger partial charge in [0.05, 0.1) is 15.7 Å². The fourth-order valence-corrected chi connectivity index (χ4v) is 8.35. The van der Waals surface area contributed by atoms with Crippen molar-refractivity contribution in [2.45, 2.75) is 0 Å². The van der Waals surface area contributed by atoms with E-state index < -0.39 is 0 Å². The lowest BCUT2D eigenvalue weighted by molar-refractivity contribution is 1.08. The first kappa shape index (κ1) is 28.5. The number of thiophene rings is 1. The van der Waals surface area contributed by atoms with Crippen LogP contribution in [-0.4, -0.2) is 24.5 Å². The summed E-state index contributed by atoms with van der Waals surface area (Å²) in [4.78, 5) is 19.8. The minimum atomic E-state index is 0.639. The molecule has 0 saturated carbocycles. The number of benzene rings is 6. The number of hydrogen-bond acceptors (Lipinski definition) is 5. The summed E-state index contributed by atoms with van der Waals surface area (Å²) in [5, 5.41) is 4.83. The van der Waals surface area contributed by atoms with Gasteiger partial charge >= 0.3 is 0 Å². The highest BCUT2D eigenvalue weighted by Crippen LogP contribution is 2.47. The number of hydrogen-bond donors (Lipinski definition) is 0. The molecule has 4 aromatic heterocycles. The summed E-state index contributed by atoms with van der Waals surface area (Å²) in [6, 6.07) is 52.8. The molecule has 0 aliphatic heterocycles. The fraction of sp³-hybridized carbons (Fsp3) is 0. The number of fused-ring (bicyclic) bond motifs is 7. The van der Waals surface area contributed by atoms with Gasteiger partial charge in [0, 0.05) is 66.6 Å². The van der Waals surface area contributed by atoms with Crippen LogP contribution in [0.3, 0.4) is 0 Å². The van der Waals surface area contributed by atoms with Crippen LogP contribution in [-0.2, 0) is 0 Å². The Kier molecular flexibility index (Phi) is 6.60. The van der Waals surface area contributed by atoms with Crippen LogP contribution < -0.4 is 0 Å². The Morgan fingerprint density at radius 3 is 1.76 bits per heavy atom. The van der Waals surface area contributed by atoms with Gasteiger partial charge < -0.3 is 4.57 Å². The summed E-state index contributed by atoms with van der Waals surface area (Å²) in [7, 11) is 0. The minimum absolute atomic E-state index is 0.639. The Morgan fingerprint density at radius 2 is 1.06 bits per heavy atom. The number of pyridine rings is 1. The van der Waals surface area contributed by atoms with Crippen LogP contribution in [0.4, 0.5) is 0 Å². The van der Waals surface area contributed by atoms with Crippen molar-refractivity contribution in [3.05, 3.63) is 164 Å². The maximum absolute atomic E-state index is 5.18. The van der Waals surface area contributed by atoms with Crippen molar-refractivity contribution < 1.29 is 0 Å². The molecule has 0 saturated heterocycles. The van der Waals surface area contributed by atoms with Crippen LogP contribution in [0.25, 0.3) is 93.0 Å². The van der Waals surface area contributed by atoms with Crippen molar-refractivity contribution in [3.8, 4) is 51.0 Å². The monoisotopic (exact) mass is 657 g/mol. The molecule has 10 rings (SSSR count). The van der Waals surface area contributed by atoms with Gasteiger partial charge in [-0.25, -0.2) is 15.0 Å². The lowest BCUT2D eigenvalue weighted by Gasteiger charge is -2.11. The topological polar surface area (TPSA) is 56.5 Å². The summed E-state index contributed by atoms with van der Waals surface area (Å²) in [6.45, 7) is 0. The van der Waals surface area contributed by atoms with E-state index in [9.17, 15) is 0 Å². The second-order valence-electron chi connectivity index (χ2n) is 12.3. The van der Waals surface area contributed by atoms with Gasteiger partial charge in [0.2, 0.25) is 0 Å². The SMILES string of the molecule is c1ccc(-c2nc(-c3ccccc3)nc(-c3cc(-c4cccnc4)cc4c3sc3c4ccc4c5ccccc5n(-c5ccccc5)c43)n2)cc1. The Morgan fingerprint density at radius 1 is 0.440 bits per heavy atom. The molecule has 0 aliphatic rings. The van der Waals surface area contributed by atoms with E-state index in [0.29, 0.717) is 17.5 Å². The first-order valence-electron chi connectivity index (χ1n) is 16.6. The molecule has 0 N–H and O–H groups in total. The number of para-hydroxylation sites is 2. The maximum Gasteiger partial charge on any atom is 0.165 e. The minimum Gasteiger partial charge on any atom is -0.308 e. The Labute approximate surface area is 291 Å². The zero-order chi connectivity index (χ0) is 33.0. The summed E-state index contributed by atoms with van der Waals surface area (Å²) < 4.78 is 4.77. The largest absolute Gasteiger partial charge is 0.308 e. The Bertz CT molecular complexity index is 2790. The molecular weight excluding hydrogens is 631 g/mol. The molecule has 0 unspecified atom stereocenters. The summed E-state index contributed by atoms with van der Waals surface area (Å²) in [6.07, 6.45) is 3.73. The summed E-state index contributed by atoms with van der Waals surface area (Å²) in [5.74, 6) is 1.92. The zero-order valence-corrected chi connectivity index (χ0v) is 27.5. The van der Waals surface area contributed by atoms with Crippen molar-refractivity contribution in [2.24, 2.45) is 0 Å². The van der Waals surface area contributed by atoms with Crippen LogP contribution in [0.5, 0.6) is 0 Å². The van der Waals surface area contributed by atoms with E-state index in [4.69, 9.17) is 15.0 Å². The Balaban J connectivity index is 1.33.